The van der Waals surface area contributed by atoms with E-state index in [2.05, 4.69) is 30.2 Å². The van der Waals surface area contributed by atoms with Crippen LogP contribution >= 0.6 is 11.8 Å². The molecular weight excluding hydrogens is 256 g/mol. The van der Waals surface area contributed by atoms with Crippen molar-refractivity contribution in [2.75, 3.05) is 7.11 Å². The van der Waals surface area contributed by atoms with Crippen molar-refractivity contribution in [2.45, 2.75) is 23.7 Å². The minimum Gasteiger partial charge on any atom is -0.468 e. The van der Waals surface area contributed by atoms with Crippen molar-refractivity contribution in [1.29, 1.82) is 0 Å². The van der Waals surface area contributed by atoms with Crippen LogP contribution in [0.15, 0.2) is 22.6 Å². The van der Waals surface area contributed by atoms with Gasteiger partial charge in [0.05, 0.1) is 7.11 Å². The number of carbonyl (C=O) groups is 1. The zero-order valence-electron chi connectivity index (χ0n) is 9.77. The molecule has 0 saturated carbocycles. The maximum Gasteiger partial charge on any atom is 0.327 e. The monoisotopic (exact) mass is 266 g/mol. The quantitative estimate of drug-likeness (QED) is 0.567. The maximum absolute atomic E-state index is 11.2. The molecular formula is C9H10N6O2S. The summed E-state index contributed by atoms with van der Waals surface area (Å²) in [5, 5.41) is 12.2. The Morgan fingerprint density at radius 1 is 1.50 bits per heavy atom. The summed E-state index contributed by atoms with van der Waals surface area (Å²) in [5.74, 6) is -0.414. The Bertz CT molecular complexity index is 557. The van der Waals surface area contributed by atoms with Crippen LogP contribution in [0.3, 0.4) is 0 Å². The third kappa shape index (κ3) is 3.00. The summed E-state index contributed by atoms with van der Waals surface area (Å²) in [4.78, 5) is 19.2. The molecule has 2 rings (SSSR count). The molecule has 2 aromatic heterocycles. The predicted molar refractivity (Wildman–Crippen MR) is 60.7 cm³/mol. The molecule has 0 atom stereocenters. The molecule has 0 N–H and O–H groups in total. The molecule has 9 heteroatoms. The first kappa shape index (κ1) is 12.4. The van der Waals surface area contributed by atoms with Crippen molar-refractivity contribution in [3.05, 3.63) is 18.1 Å². The molecule has 2 heterocycles. The van der Waals surface area contributed by atoms with Crippen molar-refractivity contribution < 1.29 is 9.53 Å². The van der Waals surface area contributed by atoms with Crippen molar-refractivity contribution in [2.24, 2.45) is 0 Å². The standard InChI is InChI=1S/C9H10N6O2S/c1-6-3-7(11-5-10-6)18-9-12-13-14-15(9)4-8(16)17-2/h3,5H,4H2,1-2H3. The van der Waals surface area contributed by atoms with E-state index in [1.165, 1.54) is 29.9 Å². The maximum atomic E-state index is 11.2. The molecule has 0 spiro atoms. The van der Waals surface area contributed by atoms with Gasteiger partial charge >= 0.3 is 5.97 Å². The highest BCUT2D eigenvalue weighted by atomic mass is 32.2. The second-order valence-corrected chi connectivity index (χ2v) is 4.28. The van der Waals surface area contributed by atoms with Crippen molar-refractivity contribution in [3.63, 3.8) is 0 Å². The van der Waals surface area contributed by atoms with E-state index in [0.29, 0.717) is 10.2 Å². The summed E-state index contributed by atoms with van der Waals surface area (Å²) >= 11 is 1.26. The van der Waals surface area contributed by atoms with Crippen LogP contribution in [-0.2, 0) is 16.1 Å². The summed E-state index contributed by atoms with van der Waals surface area (Å²) in [6, 6.07) is 1.81. The molecule has 8 nitrogen and oxygen atoms in total. The van der Waals surface area contributed by atoms with Gasteiger partial charge in [0.25, 0.3) is 0 Å². The van der Waals surface area contributed by atoms with E-state index in [9.17, 15) is 4.79 Å². The lowest BCUT2D eigenvalue weighted by Crippen LogP contribution is -2.13. The molecule has 0 fully saturated rings. The van der Waals surface area contributed by atoms with E-state index in [1.807, 2.05) is 13.0 Å². The normalized spacial score (nSPS) is 10.3. The molecule has 0 aliphatic carbocycles. The number of esters is 1. The van der Waals surface area contributed by atoms with Gasteiger partial charge in [-0.1, -0.05) is 0 Å². The molecule has 0 aromatic carbocycles. The number of aromatic nitrogens is 6. The van der Waals surface area contributed by atoms with Crippen LogP contribution < -0.4 is 0 Å². The molecule has 0 unspecified atom stereocenters. The van der Waals surface area contributed by atoms with Crippen LogP contribution in [0.2, 0.25) is 0 Å². The zero-order chi connectivity index (χ0) is 13.0. The number of tetrazole rings is 1. The summed E-state index contributed by atoms with van der Waals surface area (Å²) in [6.07, 6.45) is 1.46. The highest BCUT2D eigenvalue weighted by molar-refractivity contribution is 7.99. The van der Waals surface area contributed by atoms with Crippen LogP contribution in [0.4, 0.5) is 0 Å². The molecule has 18 heavy (non-hydrogen) atoms. The van der Waals surface area contributed by atoms with Gasteiger partial charge < -0.3 is 4.74 Å². The minimum atomic E-state index is -0.414. The first-order valence-electron chi connectivity index (χ1n) is 4.98. The number of methoxy groups -OCH3 is 1. The van der Waals surface area contributed by atoms with Crippen LogP contribution in [0, 0.1) is 6.92 Å². The lowest BCUT2D eigenvalue weighted by Gasteiger charge is -2.02. The van der Waals surface area contributed by atoms with Crippen LogP contribution in [0.25, 0.3) is 0 Å². The van der Waals surface area contributed by atoms with Gasteiger partial charge in [-0.25, -0.2) is 14.6 Å². The van der Waals surface area contributed by atoms with Crippen molar-refractivity contribution in [3.8, 4) is 0 Å². The SMILES string of the molecule is COC(=O)Cn1nnnc1Sc1cc(C)ncn1. The Kier molecular flexibility index (Phi) is 3.82. The highest BCUT2D eigenvalue weighted by Crippen LogP contribution is 2.22. The van der Waals surface area contributed by atoms with E-state index in [1.54, 1.807) is 0 Å². The number of carbonyl (C=O) groups excluding carboxylic acids is 1. The summed E-state index contributed by atoms with van der Waals surface area (Å²) < 4.78 is 5.91. The average Bonchev–Trinajstić information content (AvgIpc) is 2.76. The van der Waals surface area contributed by atoms with Gasteiger partial charge in [-0.15, -0.1) is 5.10 Å². The highest BCUT2D eigenvalue weighted by Gasteiger charge is 2.12. The second-order valence-electron chi connectivity index (χ2n) is 3.29. The van der Waals surface area contributed by atoms with Gasteiger partial charge in [0.15, 0.2) is 0 Å². The van der Waals surface area contributed by atoms with Gasteiger partial charge in [0.2, 0.25) is 5.16 Å². The van der Waals surface area contributed by atoms with E-state index in [0.717, 1.165) is 5.69 Å². The first-order chi connectivity index (χ1) is 8.69. The van der Waals surface area contributed by atoms with Crippen molar-refractivity contribution in [1.82, 2.24) is 30.2 Å². The first-order valence-corrected chi connectivity index (χ1v) is 5.80. The molecule has 2 aromatic rings. The average molecular weight is 266 g/mol. The summed E-state index contributed by atoms with van der Waals surface area (Å²) in [7, 11) is 1.31. The number of nitrogens with zero attached hydrogens (tertiary/aromatic N) is 6. The lowest BCUT2D eigenvalue weighted by molar-refractivity contribution is -0.141. The Balaban J connectivity index is 2.15. The smallest absolute Gasteiger partial charge is 0.327 e. The van der Waals surface area contributed by atoms with E-state index in [-0.39, 0.29) is 6.54 Å². The number of hydrogen-bond acceptors (Lipinski definition) is 8. The van der Waals surface area contributed by atoms with Gasteiger partial charge in [0.1, 0.15) is 17.9 Å². The fourth-order valence-electron chi connectivity index (χ4n) is 1.14. The Hall–Kier alpha value is -2.03. The molecule has 0 amide bonds. The van der Waals surface area contributed by atoms with Crippen LogP contribution in [0.5, 0.6) is 0 Å². The zero-order valence-corrected chi connectivity index (χ0v) is 10.6. The Morgan fingerprint density at radius 3 is 3.06 bits per heavy atom. The number of rotatable bonds is 4. The lowest BCUT2D eigenvalue weighted by atomic mass is 10.5. The number of ether oxygens (including phenoxy) is 1. The van der Waals surface area contributed by atoms with Gasteiger partial charge in [0, 0.05) is 5.69 Å². The largest absolute Gasteiger partial charge is 0.468 e. The predicted octanol–water partition coefficient (Wildman–Crippen LogP) is 0.0957. The van der Waals surface area contributed by atoms with Crippen LogP contribution in [-0.4, -0.2) is 43.3 Å². The van der Waals surface area contributed by atoms with Gasteiger partial charge in [-0.3, -0.25) is 4.79 Å². The van der Waals surface area contributed by atoms with Gasteiger partial charge in [-0.2, -0.15) is 0 Å². The third-order valence-corrected chi connectivity index (χ3v) is 2.89. The molecule has 0 saturated heterocycles. The molecule has 0 aliphatic rings. The molecule has 0 aliphatic heterocycles. The second kappa shape index (κ2) is 5.54. The topological polar surface area (TPSA) is 95.7 Å². The van der Waals surface area contributed by atoms with Crippen LogP contribution in [0.1, 0.15) is 5.69 Å². The molecule has 94 valence electrons. The van der Waals surface area contributed by atoms with Crippen molar-refractivity contribution >= 4 is 17.7 Å². The van der Waals surface area contributed by atoms with E-state index >= 15 is 0 Å². The Labute approximate surface area is 107 Å². The number of aryl methyl sites for hydroxylation is 1. The summed E-state index contributed by atoms with van der Waals surface area (Å²) in [6.45, 7) is 1.83. The third-order valence-electron chi connectivity index (χ3n) is 1.98. The fourth-order valence-corrected chi connectivity index (χ4v) is 1.94. The molecule has 0 bridgehead atoms. The summed E-state index contributed by atoms with van der Waals surface area (Å²) in [5.41, 5.74) is 0.847. The van der Waals surface area contributed by atoms with E-state index in [4.69, 9.17) is 0 Å². The Morgan fingerprint density at radius 2 is 2.33 bits per heavy atom. The molecule has 0 radical (unpaired) electrons. The van der Waals surface area contributed by atoms with E-state index < -0.39 is 5.97 Å². The fraction of sp³-hybridized carbons (Fsp3) is 0.333. The minimum absolute atomic E-state index is 0.0318. The number of hydrogen-bond donors (Lipinski definition) is 0. The van der Waals surface area contributed by atoms with Gasteiger partial charge in [-0.05, 0) is 35.2 Å².